The molecule has 0 aliphatic carbocycles. The predicted molar refractivity (Wildman–Crippen MR) is 257 cm³/mol. The summed E-state index contributed by atoms with van der Waals surface area (Å²) in [6.45, 7) is 21.3. The number of nitriles is 4. The standard InChI is InChI=1S/2C14H24N4.4C2H3N.4CHF3O3S.2Co/c2*1-16-7-8-17(2)10-12-18(11-9-16)13-14-5-3-4-6-15-14;4*1-2-3;4*2-1(3,4)8(5,6)7;;/h2*3-6H,7-13H2,1-2H3;4*1H3;4*(H,5,6,7);;/q;;;;;;;;;;2*+2/p-4. The van der Waals surface area contributed by atoms with E-state index in [1.54, 1.807) is 24.3 Å². The Morgan fingerprint density at radius 3 is 0.671 bits per heavy atom. The summed E-state index contributed by atoms with van der Waals surface area (Å²) < 4.78 is 236. The molecule has 2 fully saturated rings. The van der Waals surface area contributed by atoms with E-state index in [0.29, 0.717) is 0 Å². The molecule has 0 unspecified atom stereocenters. The summed E-state index contributed by atoms with van der Waals surface area (Å²) in [6.07, 6.45) is 3.76. The minimum Gasteiger partial charge on any atom is -0.741 e. The van der Waals surface area contributed by atoms with Gasteiger partial charge < -0.3 is 37.8 Å². The quantitative estimate of drug-likeness (QED) is 0.238. The van der Waals surface area contributed by atoms with E-state index >= 15 is 0 Å². The van der Waals surface area contributed by atoms with E-state index in [1.807, 2.05) is 24.5 Å². The molecule has 0 saturated carbocycles. The van der Waals surface area contributed by atoms with Crippen LogP contribution in [0.4, 0.5) is 52.7 Å². The van der Waals surface area contributed by atoms with Crippen molar-refractivity contribution in [2.75, 3.05) is 107 Å². The third-order valence-electron chi connectivity index (χ3n) is 8.28. The van der Waals surface area contributed by atoms with Crippen molar-refractivity contribution in [1.82, 2.24) is 39.4 Å². The third-order valence-corrected chi connectivity index (χ3v) is 10.5. The molecule has 478 valence electrons. The van der Waals surface area contributed by atoms with Gasteiger partial charge in [-0.25, -0.2) is 33.7 Å². The van der Waals surface area contributed by atoms with Crippen LogP contribution in [0.25, 0.3) is 0 Å². The van der Waals surface area contributed by atoms with E-state index in [0.717, 1.165) is 91.6 Å². The molecule has 4 rings (SSSR count). The van der Waals surface area contributed by atoms with Crippen molar-refractivity contribution in [3.05, 3.63) is 60.2 Å². The van der Waals surface area contributed by atoms with Crippen LogP contribution >= 0.6 is 0 Å². The molecule has 0 bridgehead atoms. The van der Waals surface area contributed by atoms with Crippen LogP contribution < -0.4 is 0 Å². The van der Waals surface area contributed by atoms with Gasteiger partial charge in [0.25, 0.3) is 0 Å². The number of pyridine rings is 2. The van der Waals surface area contributed by atoms with E-state index in [9.17, 15) is 52.7 Å². The number of halogens is 12. The summed E-state index contributed by atoms with van der Waals surface area (Å²) in [5.41, 5.74) is -20.2. The molecule has 24 nitrogen and oxygen atoms in total. The van der Waals surface area contributed by atoms with Gasteiger partial charge in [-0.15, -0.1) is 0 Å². The predicted octanol–water partition coefficient (Wildman–Crippen LogP) is 3.84. The largest absolute Gasteiger partial charge is 2.00 e. The van der Waals surface area contributed by atoms with Gasteiger partial charge in [-0.1, -0.05) is 12.1 Å². The van der Waals surface area contributed by atoms with Gasteiger partial charge in [0.2, 0.25) is 0 Å². The fourth-order valence-electron chi connectivity index (χ4n) is 4.36. The minimum absolute atomic E-state index is 0. The molecule has 2 radical (unpaired) electrons. The second kappa shape index (κ2) is 48.1. The van der Waals surface area contributed by atoms with Crippen molar-refractivity contribution in [3.8, 4) is 24.3 Å². The first kappa shape index (κ1) is 94.2. The number of alkyl halides is 12. The Morgan fingerprint density at radius 2 is 0.549 bits per heavy atom. The van der Waals surface area contributed by atoms with Crippen molar-refractivity contribution >= 4 is 40.5 Å². The zero-order valence-corrected chi connectivity index (χ0v) is 50.0. The zero-order chi connectivity index (χ0) is 64.4. The first-order valence-corrected chi connectivity index (χ1v) is 27.1. The normalized spacial score (nSPS) is 15.2. The average Bonchev–Trinajstić information content (AvgIpc) is 3.42. The molecule has 0 N–H and O–H groups in total. The van der Waals surface area contributed by atoms with Gasteiger partial charge in [0, 0.05) is 132 Å². The van der Waals surface area contributed by atoms with Gasteiger partial charge >= 0.3 is 55.6 Å². The molecule has 0 spiro atoms. The molecule has 42 heteroatoms. The summed E-state index contributed by atoms with van der Waals surface area (Å²) in [4.78, 5) is 23.5. The van der Waals surface area contributed by atoms with Crippen molar-refractivity contribution in [3.63, 3.8) is 0 Å². The Balaban J connectivity index is -0.000000132. The van der Waals surface area contributed by atoms with Crippen LogP contribution in [0, 0.1) is 45.3 Å². The SMILES string of the molecule is CC#N.CC#N.CC#N.CC#N.CN1CCN(C)CCN(Cc2ccccn2)CC1.CN1CCN(C)CCN(Cc2ccccn2)CC1.O=S(=O)([O-])C(F)(F)F.O=S(=O)([O-])C(F)(F)F.O=S(=O)([O-])C(F)(F)F.O=S(=O)([O-])C(F)(F)F.[Co+2].[Co+2]. The van der Waals surface area contributed by atoms with Gasteiger partial charge in [0.1, 0.15) is 0 Å². The van der Waals surface area contributed by atoms with Gasteiger partial charge in [0.15, 0.2) is 40.5 Å². The maximum atomic E-state index is 10.7. The van der Waals surface area contributed by atoms with Gasteiger partial charge in [-0.2, -0.15) is 73.7 Å². The number of hydrogen-bond acceptors (Lipinski definition) is 24. The molecule has 2 aliphatic heterocycles. The van der Waals surface area contributed by atoms with E-state index in [2.05, 4.69) is 91.8 Å². The maximum Gasteiger partial charge on any atom is 2.00 e. The van der Waals surface area contributed by atoms with Gasteiger partial charge in [-0.05, 0) is 52.5 Å². The number of hydrogen-bond donors (Lipinski definition) is 0. The third kappa shape index (κ3) is 57.6. The molecule has 0 aromatic carbocycles. The number of rotatable bonds is 4. The smallest absolute Gasteiger partial charge is 0.741 e. The first-order valence-electron chi connectivity index (χ1n) is 21.4. The van der Waals surface area contributed by atoms with Crippen molar-refractivity contribution in [2.45, 2.75) is 62.8 Å². The van der Waals surface area contributed by atoms with Gasteiger partial charge in [-0.3, -0.25) is 19.8 Å². The number of likely N-dealkylation sites (N-methyl/N-ethyl adjacent to an activating group) is 4. The second-order valence-electron chi connectivity index (χ2n) is 14.9. The Labute approximate surface area is 490 Å². The fraction of sp³-hybridized carbons (Fsp3) is 0.650. The fourth-order valence-corrected chi connectivity index (χ4v) is 4.36. The molecule has 4 heterocycles. The zero-order valence-electron chi connectivity index (χ0n) is 44.6. The van der Waals surface area contributed by atoms with Crippen LogP contribution in [0.5, 0.6) is 0 Å². The van der Waals surface area contributed by atoms with Crippen LogP contribution in [0.3, 0.4) is 0 Å². The summed E-state index contributed by atoms with van der Waals surface area (Å²) in [5.74, 6) is 0. The molecule has 0 atom stereocenters. The summed E-state index contributed by atoms with van der Waals surface area (Å²) in [6, 6.07) is 19.3. The van der Waals surface area contributed by atoms with Crippen LogP contribution in [0.2, 0.25) is 0 Å². The topological polar surface area (TPSA) is 369 Å². The Kier molecular flexibility index (Phi) is 55.3. The Morgan fingerprint density at radius 1 is 0.402 bits per heavy atom. The number of nitrogens with zero attached hydrogens (tertiary/aromatic N) is 12. The molecule has 0 amide bonds. The van der Waals surface area contributed by atoms with E-state index in [-0.39, 0.29) is 33.6 Å². The average molecular weight is 1380 g/mol. The summed E-state index contributed by atoms with van der Waals surface area (Å²) in [7, 11) is -15.5. The molecule has 82 heavy (non-hydrogen) atoms. The first-order chi connectivity index (χ1) is 36.1. The van der Waals surface area contributed by atoms with Crippen molar-refractivity contribution in [2.24, 2.45) is 0 Å². The molecular weight excluding hydrogens is 1310 g/mol. The summed E-state index contributed by atoms with van der Waals surface area (Å²) in [5, 5.41) is 29.3. The molecule has 2 saturated heterocycles. The van der Waals surface area contributed by atoms with E-state index in [1.165, 1.54) is 39.1 Å². The maximum absolute atomic E-state index is 10.7. The molecule has 2 aromatic heterocycles. The Bertz CT molecular complexity index is 2270. The van der Waals surface area contributed by atoms with Crippen molar-refractivity contribution < 1.29 is 138 Å². The van der Waals surface area contributed by atoms with E-state index < -0.39 is 62.5 Å². The van der Waals surface area contributed by atoms with Crippen LogP contribution in [0.15, 0.2) is 48.8 Å². The van der Waals surface area contributed by atoms with Crippen LogP contribution in [0.1, 0.15) is 39.1 Å². The van der Waals surface area contributed by atoms with Crippen LogP contribution in [-0.2, 0) is 87.1 Å². The van der Waals surface area contributed by atoms with Crippen LogP contribution in [-0.4, -0.2) is 220 Å². The second-order valence-corrected chi connectivity index (χ2v) is 20.4. The van der Waals surface area contributed by atoms with E-state index in [4.69, 9.17) is 72.9 Å². The van der Waals surface area contributed by atoms with Gasteiger partial charge in [0.05, 0.1) is 35.7 Å². The Hall–Kier alpha value is -4.17. The molecule has 2 aromatic rings. The summed E-state index contributed by atoms with van der Waals surface area (Å²) >= 11 is 0. The molecule has 2 aliphatic rings. The van der Waals surface area contributed by atoms with Crippen molar-refractivity contribution in [1.29, 1.82) is 21.0 Å². The minimum atomic E-state index is -6.09. The molecular formula is C40H60Co2F12N12O12S4. The monoisotopic (exact) mass is 1370 g/mol. The number of aromatic nitrogens is 2.